The summed E-state index contributed by atoms with van der Waals surface area (Å²) in [4.78, 5) is 11.9. The van der Waals surface area contributed by atoms with Gasteiger partial charge in [-0.25, -0.2) is 4.79 Å². The Morgan fingerprint density at radius 1 is 1.37 bits per heavy atom. The predicted octanol–water partition coefficient (Wildman–Crippen LogP) is 3.58. The number of fused-ring (bicyclic) bond motifs is 1. The Morgan fingerprint density at radius 3 is 2.74 bits per heavy atom. The average molecular weight is 260 g/mol. The summed E-state index contributed by atoms with van der Waals surface area (Å²) in [6.45, 7) is 8.09. The molecule has 1 aliphatic heterocycles. The van der Waals surface area contributed by atoms with Gasteiger partial charge in [-0.3, -0.25) is 0 Å². The second kappa shape index (κ2) is 5.08. The van der Waals surface area contributed by atoms with Crippen LogP contribution in [0.15, 0.2) is 29.8 Å². The van der Waals surface area contributed by atoms with Crippen LogP contribution in [-0.2, 0) is 9.53 Å². The minimum atomic E-state index is -0.308. The number of esters is 1. The van der Waals surface area contributed by atoms with Gasteiger partial charge in [0.2, 0.25) is 0 Å². The van der Waals surface area contributed by atoms with Gasteiger partial charge < -0.3 is 9.47 Å². The summed E-state index contributed by atoms with van der Waals surface area (Å²) >= 11 is 0. The molecule has 0 aromatic heterocycles. The van der Waals surface area contributed by atoms with Crippen LogP contribution in [0.25, 0.3) is 5.57 Å². The molecule has 102 valence electrons. The normalized spacial score (nSPS) is 19.2. The largest absolute Gasteiger partial charge is 0.487 e. The van der Waals surface area contributed by atoms with E-state index in [-0.39, 0.29) is 11.6 Å². The number of benzene rings is 1. The average Bonchev–Trinajstić information content (AvgIpc) is 2.36. The standard InChI is InChI=1S/C16H20O3/c1-5-18-15(17)11(2)13-10-16(3,4)19-14-9-7-6-8-12(13)14/h6-9H,5,10H2,1-4H3/b13-11-. The lowest BCUT2D eigenvalue weighted by atomic mass is 9.86. The molecule has 0 atom stereocenters. The van der Waals surface area contributed by atoms with Crippen molar-refractivity contribution in [2.24, 2.45) is 0 Å². The fourth-order valence-electron chi connectivity index (χ4n) is 2.36. The smallest absolute Gasteiger partial charge is 0.334 e. The van der Waals surface area contributed by atoms with Crippen molar-refractivity contribution in [1.82, 2.24) is 0 Å². The van der Waals surface area contributed by atoms with Gasteiger partial charge in [-0.2, -0.15) is 0 Å². The maximum Gasteiger partial charge on any atom is 0.334 e. The van der Waals surface area contributed by atoms with E-state index in [4.69, 9.17) is 9.47 Å². The van der Waals surface area contributed by atoms with Crippen LogP contribution in [0.1, 0.15) is 39.7 Å². The van der Waals surface area contributed by atoms with Crippen LogP contribution in [0.5, 0.6) is 5.75 Å². The maximum atomic E-state index is 11.9. The van der Waals surface area contributed by atoms with Crippen LogP contribution in [-0.4, -0.2) is 18.2 Å². The zero-order chi connectivity index (χ0) is 14.0. The second-order valence-electron chi connectivity index (χ2n) is 5.36. The molecule has 0 radical (unpaired) electrons. The molecule has 0 N–H and O–H groups in total. The Balaban J connectivity index is 2.51. The van der Waals surface area contributed by atoms with E-state index >= 15 is 0 Å². The van der Waals surface area contributed by atoms with E-state index in [1.54, 1.807) is 0 Å². The molecule has 1 heterocycles. The third-order valence-electron chi connectivity index (χ3n) is 3.24. The Morgan fingerprint density at radius 2 is 2.05 bits per heavy atom. The highest BCUT2D eigenvalue weighted by atomic mass is 16.5. The number of carbonyl (C=O) groups is 1. The van der Waals surface area contributed by atoms with Crippen LogP contribution >= 0.6 is 0 Å². The van der Waals surface area contributed by atoms with E-state index in [0.717, 1.165) is 16.9 Å². The maximum absolute atomic E-state index is 11.9. The molecule has 1 aromatic rings. The zero-order valence-electron chi connectivity index (χ0n) is 11.9. The Hall–Kier alpha value is -1.77. The Labute approximate surface area is 114 Å². The topological polar surface area (TPSA) is 35.5 Å². The fourth-order valence-corrected chi connectivity index (χ4v) is 2.36. The third-order valence-corrected chi connectivity index (χ3v) is 3.24. The molecule has 0 spiro atoms. The van der Waals surface area contributed by atoms with Crippen molar-refractivity contribution in [1.29, 1.82) is 0 Å². The van der Waals surface area contributed by atoms with Gasteiger partial charge in [0.1, 0.15) is 11.4 Å². The van der Waals surface area contributed by atoms with E-state index in [1.165, 1.54) is 0 Å². The van der Waals surface area contributed by atoms with Crippen molar-refractivity contribution in [2.45, 2.75) is 39.7 Å². The molecule has 0 aliphatic carbocycles. The highest BCUT2D eigenvalue weighted by Crippen LogP contribution is 2.41. The first-order valence-electron chi connectivity index (χ1n) is 6.60. The molecule has 0 fully saturated rings. The summed E-state index contributed by atoms with van der Waals surface area (Å²) in [5.41, 5.74) is 2.38. The van der Waals surface area contributed by atoms with Crippen LogP contribution in [0.2, 0.25) is 0 Å². The number of carbonyl (C=O) groups excluding carboxylic acids is 1. The zero-order valence-corrected chi connectivity index (χ0v) is 11.9. The molecule has 0 unspecified atom stereocenters. The molecule has 19 heavy (non-hydrogen) atoms. The minimum Gasteiger partial charge on any atom is -0.487 e. The van der Waals surface area contributed by atoms with Gasteiger partial charge >= 0.3 is 5.97 Å². The highest BCUT2D eigenvalue weighted by molar-refractivity contribution is 5.98. The molecule has 0 saturated heterocycles. The molecule has 3 nitrogen and oxygen atoms in total. The van der Waals surface area contributed by atoms with Crippen molar-refractivity contribution in [3.05, 3.63) is 35.4 Å². The Kier molecular flexibility index (Phi) is 3.65. The molecular weight excluding hydrogens is 240 g/mol. The molecule has 2 rings (SSSR count). The summed E-state index contributed by atoms with van der Waals surface area (Å²) in [6.07, 6.45) is 0.703. The number of hydrogen-bond donors (Lipinski definition) is 0. The summed E-state index contributed by atoms with van der Waals surface area (Å²) in [5.74, 6) is 0.586. The third kappa shape index (κ3) is 2.80. The number of rotatable bonds is 2. The van der Waals surface area contributed by atoms with E-state index in [0.29, 0.717) is 18.6 Å². The van der Waals surface area contributed by atoms with Gasteiger partial charge in [-0.15, -0.1) is 0 Å². The van der Waals surface area contributed by atoms with Gasteiger partial charge in [0.25, 0.3) is 0 Å². The van der Waals surface area contributed by atoms with Crippen LogP contribution < -0.4 is 4.74 Å². The summed E-state index contributed by atoms with van der Waals surface area (Å²) in [6, 6.07) is 7.83. The summed E-state index contributed by atoms with van der Waals surface area (Å²) < 4.78 is 11.1. The molecule has 0 saturated carbocycles. The first-order chi connectivity index (χ1) is 8.94. The molecule has 1 aromatic carbocycles. The van der Waals surface area contributed by atoms with Crippen molar-refractivity contribution in [3.63, 3.8) is 0 Å². The summed E-state index contributed by atoms with van der Waals surface area (Å²) in [5, 5.41) is 0. The molecule has 0 bridgehead atoms. The van der Waals surface area contributed by atoms with E-state index in [1.807, 2.05) is 52.0 Å². The molecular formula is C16H20O3. The molecule has 3 heteroatoms. The number of ether oxygens (including phenoxy) is 2. The van der Waals surface area contributed by atoms with E-state index in [9.17, 15) is 4.79 Å². The lowest BCUT2D eigenvalue weighted by molar-refractivity contribution is -0.138. The van der Waals surface area contributed by atoms with Gasteiger partial charge in [-0.1, -0.05) is 18.2 Å². The van der Waals surface area contributed by atoms with Gasteiger partial charge in [0.05, 0.1) is 6.61 Å². The van der Waals surface area contributed by atoms with Crippen molar-refractivity contribution >= 4 is 11.5 Å². The van der Waals surface area contributed by atoms with E-state index in [2.05, 4.69) is 0 Å². The summed E-state index contributed by atoms with van der Waals surface area (Å²) in [7, 11) is 0. The lowest BCUT2D eigenvalue weighted by Gasteiger charge is -2.34. The quantitative estimate of drug-likeness (QED) is 0.602. The predicted molar refractivity (Wildman–Crippen MR) is 75.0 cm³/mol. The van der Waals surface area contributed by atoms with Crippen molar-refractivity contribution in [3.8, 4) is 5.75 Å². The first-order valence-corrected chi connectivity index (χ1v) is 6.60. The van der Waals surface area contributed by atoms with Gasteiger partial charge in [0.15, 0.2) is 0 Å². The fraction of sp³-hybridized carbons (Fsp3) is 0.438. The Bertz CT molecular complexity index is 527. The van der Waals surface area contributed by atoms with Crippen LogP contribution in [0.3, 0.4) is 0 Å². The van der Waals surface area contributed by atoms with E-state index < -0.39 is 0 Å². The monoisotopic (exact) mass is 260 g/mol. The second-order valence-corrected chi connectivity index (χ2v) is 5.36. The molecule has 0 amide bonds. The van der Waals surface area contributed by atoms with Crippen LogP contribution in [0, 0.1) is 0 Å². The van der Waals surface area contributed by atoms with Crippen molar-refractivity contribution < 1.29 is 14.3 Å². The highest BCUT2D eigenvalue weighted by Gasteiger charge is 2.31. The lowest BCUT2D eigenvalue weighted by Crippen LogP contribution is -2.32. The molecule has 1 aliphatic rings. The first kappa shape index (κ1) is 13.7. The minimum absolute atomic E-state index is 0.245. The number of para-hydroxylation sites is 1. The van der Waals surface area contributed by atoms with Gasteiger partial charge in [0, 0.05) is 17.6 Å². The SMILES string of the molecule is CCOC(=O)/C(C)=C1/CC(C)(C)Oc2ccccc21. The van der Waals surface area contributed by atoms with Crippen molar-refractivity contribution in [2.75, 3.05) is 6.61 Å². The van der Waals surface area contributed by atoms with Crippen LogP contribution in [0.4, 0.5) is 0 Å². The number of hydrogen-bond acceptors (Lipinski definition) is 3. The van der Waals surface area contributed by atoms with Gasteiger partial charge in [-0.05, 0) is 39.3 Å².